The summed E-state index contributed by atoms with van der Waals surface area (Å²) in [5.41, 5.74) is 4.22. The van der Waals surface area contributed by atoms with Gasteiger partial charge in [0.05, 0.1) is 5.69 Å². The second-order valence-corrected chi connectivity index (χ2v) is 5.34. The number of hydrogen-bond acceptors (Lipinski definition) is 4. The fourth-order valence-electron chi connectivity index (χ4n) is 2.50. The Hall–Kier alpha value is -2.69. The van der Waals surface area contributed by atoms with Crippen molar-refractivity contribution in [3.05, 3.63) is 59.7 Å². The molecule has 3 aromatic rings. The number of aryl methyl sites for hydroxylation is 3. The smallest absolute Gasteiger partial charge is 0.130 e. The van der Waals surface area contributed by atoms with Crippen molar-refractivity contribution in [3.63, 3.8) is 0 Å². The molecule has 0 atom stereocenters. The van der Waals surface area contributed by atoms with E-state index in [-0.39, 0.29) is 0 Å². The van der Waals surface area contributed by atoms with Crippen LogP contribution in [-0.4, -0.2) is 19.7 Å². The molecule has 0 saturated carbocycles. The van der Waals surface area contributed by atoms with Crippen molar-refractivity contribution in [1.82, 2.24) is 19.7 Å². The molecule has 112 valence electrons. The largest absolute Gasteiger partial charge is 0.366 e. The molecule has 22 heavy (non-hydrogen) atoms. The minimum atomic E-state index is 0.675. The Morgan fingerprint density at radius 3 is 2.59 bits per heavy atom. The van der Waals surface area contributed by atoms with Crippen molar-refractivity contribution in [2.24, 2.45) is 7.05 Å². The van der Waals surface area contributed by atoms with Crippen LogP contribution in [0, 0.1) is 13.8 Å². The Morgan fingerprint density at radius 2 is 1.86 bits per heavy atom. The normalized spacial score (nSPS) is 10.7. The van der Waals surface area contributed by atoms with E-state index in [4.69, 9.17) is 0 Å². The average Bonchev–Trinajstić information content (AvgIpc) is 2.86. The van der Waals surface area contributed by atoms with E-state index in [0.29, 0.717) is 6.54 Å². The van der Waals surface area contributed by atoms with Crippen molar-refractivity contribution in [2.45, 2.75) is 20.4 Å². The number of benzene rings is 1. The lowest BCUT2D eigenvalue weighted by Gasteiger charge is -2.07. The number of aromatic nitrogens is 4. The Morgan fingerprint density at radius 1 is 1.09 bits per heavy atom. The van der Waals surface area contributed by atoms with Crippen LogP contribution in [0.25, 0.3) is 11.3 Å². The van der Waals surface area contributed by atoms with Gasteiger partial charge in [0, 0.05) is 42.7 Å². The zero-order chi connectivity index (χ0) is 15.5. The third-order valence-electron chi connectivity index (χ3n) is 3.38. The van der Waals surface area contributed by atoms with E-state index in [0.717, 1.165) is 34.2 Å². The zero-order valence-electron chi connectivity index (χ0n) is 13.0. The van der Waals surface area contributed by atoms with Gasteiger partial charge in [-0.25, -0.2) is 9.97 Å². The summed E-state index contributed by atoms with van der Waals surface area (Å²) in [6, 6.07) is 12.2. The first-order valence-electron chi connectivity index (χ1n) is 7.26. The third-order valence-corrected chi connectivity index (χ3v) is 3.38. The first-order chi connectivity index (χ1) is 10.6. The van der Waals surface area contributed by atoms with Crippen molar-refractivity contribution in [1.29, 1.82) is 0 Å². The number of nitrogens with zero attached hydrogens (tertiary/aromatic N) is 4. The summed E-state index contributed by atoms with van der Waals surface area (Å²) in [4.78, 5) is 8.70. The molecule has 2 aromatic heterocycles. The van der Waals surface area contributed by atoms with E-state index in [9.17, 15) is 0 Å². The van der Waals surface area contributed by atoms with Gasteiger partial charge in [0.2, 0.25) is 0 Å². The Bertz CT molecular complexity index is 757. The lowest BCUT2D eigenvalue weighted by atomic mass is 10.1. The second kappa shape index (κ2) is 5.97. The molecule has 5 nitrogen and oxygen atoms in total. The second-order valence-electron chi connectivity index (χ2n) is 5.34. The van der Waals surface area contributed by atoms with E-state index in [2.05, 4.69) is 32.5 Å². The molecule has 0 spiro atoms. The standard InChI is InChI=1S/C17H19N5/c1-12-9-16(20-13(2)19-12)18-10-15-11-22(3)21-17(15)14-7-5-4-6-8-14/h4-9,11H,10H2,1-3H3,(H,18,19,20). The summed E-state index contributed by atoms with van der Waals surface area (Å²) in [7, 11) is 1.94. The Balaban J connectivity index is 1.84. The summed E-state index contributed by atoms with van der Waals surface area (Å²) in [5, 5.41) is 7.93. The number of hydrogen-bond donors (Lipinski definition) is 1. The Kier molecular flexibility index (Phi) is 3.87. The quantitative estimate of drug-likeness (QED) is 0.803. The molecule has 0 bridgehead atoms. The van der Waals surface area contributed by atoms with Crippen LogP contribution in [0.4, 0.5) is 5.82 Å². The lowest BCUT2D eigenvalue weighted by molar-refractivity contribution is 0.770. The molecule has 0 saturated heterocycles. The first-order valence-corrected chi connectivity index (χ1v) is 7.26. The molecule has 0 aliphatic rings. The topological polar surface area (TPSA) is 55.6 Å². The van der Waals surface area contributed by atoms with Gasteiger partial charge in [-0.3, -0.25) is 4.68 Å². The summed E-state index contributed by atoms with van der Waals surface area (Å²) >= 11 is 0. The molecule has 2 heterocycles. The van der Waals surface area contributed by atoms with Crippen LogP contribution in [0.5, 0.6) is 0 Å². The van der Waals surface area contributed by atoms with Gasteiger partial charge in [-0.05, 0) is 13.8 Å². The minimum Gasteiger partial charge on any atom is -0.366 e. The maximum atomic E-state index is 4.57. The van der Waals surface area contributed by atoms with Crippen molar-refractivity contribution >= 4 is 5.82 Å². The lowest BCUT2D eigenvalue weighted by Crippen LogP contribution is -2.04. The van der Waals surface area contributed by atoms with Crippen LogP contribution in [-0.2, 0) is 13.6 Å². The van der Waals surface area contributed by atoms with E-state index in [1.54, 1.807) is 0 Å². The van der Waals surface area contributed by atoms with E-state index >= 15 is 0 Å². The molecule has 0 aliphatic carbocycles. The molecule has 0 aliphatic heterocycles. The molecule has 0 radical (unpaired) electrons. The molecule has 1 N–H and O–H groups in total. The maximum Gasteiger partial charge on any atom is 0.130 e. The van der Waals surface area contributed by atoms with Gasteiger partial charge in [-0.15, -0.1) is 0 Å². The van der Waals surface area contributed by atoms with Crippen molar-refractivity contribution in [3.8, 4) is 11.3 Å². The highest BCUT2D eigenvalue weighted by Gasteiger charge is 2.10. The summed E-state index contributed by atoms with van der Waals surface area (Å²) < 4.78 is 1.84. The summed E-state index contributed by atoms with van der Waals surface area (Å²) in [6.45, 7) is 4.55. The monoisotopic (exact) mass is 293 g/mol. The van der Waals surface area contributed by atoms with Gasteiger partial charge in [0.15, 0.2) is 0 Å². The molecule has 3 rings (SSSR count). The van der Waals surface area contributed by atoms with Gasteiger partial charge in [-0.1, -0.05) is 30.3 Å². The van der Waals surface area contributed by atoms with Crippen LogP contribution in [0.2, 0.25) is 0 Å². The van der Waals surface area contributed by atoms with Crippen molar-refractivity contribution in [2.75, 3.05) is 5.32 Å². The van der Waals surface area contributed by atoms with Gasteiger partial charge in [-0.2, -0.15) is 5.10 Å². The number of nitrogens with one attached hydrogen (secondary N) is 1. The fraction of sp³-hybridized carbons (Fsp3) is 0.235. The van der Waals surface area contributed by atoms with Crippen LogP contribution < -0.4 is 5.32 Å². The van der Waals surface area contributed by atoms with Crippen molar-refractivity contribution < 1.29 is 0 Å². The van der Waals surface area contributed by atoms with Crippen LogP contribution in [0.1, 0.15) is 17.1 Å². The number of rotatable bonds is 4. The SMILES string of the molecule is Cc1cc(NCc2cn(C)nc2-c2ccccc2)nc(C)n1. The first kappa shape index (κ1) is 14.3. The molecule has 0 amide bonds. The molecular formula is C17H19N5. The van der Waals surface area contributed by atoms with Gasteiger partial charge >= 0.3 is 0 Å². The van der Waals surface area contributed by atoms with Crippen LogP contribution in [0.15, 0.2) is 42.6 Å². The average molecular weight is 293 g/mol. The van der Waals surface area contributed by atoms with Gasteiger partial charge in [0.1, 0.15) is 11.6 Å². The molecule has 0 fully saturated rings. The molecule has 1 aromatic carbocycles. The highest BCUT2D eigenvalue weighted by atomic mass is 15.3. The molecule has 5 heteroatoms. The van der Waals surface area contributed by atoms with E-state index < -0.39 is 0 Å². The number of anilines is 1. The van der Waals surface area contributed by atoms with E-state index in [1.807, 2.05) is 56.0 Å². The predicted octanol–water partition coefficient (Wildman–Crippen LogP) is 3.11. The highest BCUT2D eigenvalue weighted by Crippen LogP contribution is 2.22. The molecule has 0 unspecified atom stereocenters. The Labute approximate surface area is 130 Å². The fourth-order valence-corrected chi connectivity index (χ4v) is 2.50. The van der Waals surface area contributed by atoms with Gasteiger partial charge in [0.25, 0.3) is 0 Å². The van der Waals surface area contributed by atoms with Crippen LogP contribution >= 0.6 is 0 Å². The predicted molar refractivity (Wildman–Crippen MR) is 87.5 cm³/mol. The maximum absolute atomic E-state index is 4.57. The highest BCUT2D eigenvalue weighted by molar-refractivity contribution is 5.63. The molecular weight excluding hydrogens is 274 g/mol. The van der Waals surface area contributed by atoms with Gasteiger partial charge < -0.3 is 5.32 Å². The van der Waals surface area contributed by atoms with E-state index in [1.165, 1.54) is 0 Å². The third kappa shape index (κ3) is 3.14. The zero-order valence-corrected chi connectivity index (χ0v) is 13.0. The summed E-state index contributed by atoms with van der Waals surface area (Å²) in [6.07, 6.45) is 2.04. The van der Waals surface area contributed by atoms with Crippen LogP contribution in [0.3, 0.4) is 0 Å². The summed E-state index contributed by atoms with van der Waals surface area (Å²) in [5.74, 6) is 1.62. The minimum absolute atomic E-state index is 0.675.